The number of carbonyl (C=O) groups excluding carboxylic acids is 1. The minimum absolute atomic E-state index is 0.256. The molecule has 1 aromatic heterocycles. The van der Waals surface area contributed by atoms with Gasteiger partial charge in [0.2, 0.25) is 0 Å². The number of aryl methyl sites for hydroxylation is 1. The van der Waals surface area contributed by atoms with Crippen LogP contribution in [0, 0.1) is 0 Å². The second kappa shape index (κ2) is 12.1. The van der Waals surface area contributed by atoms with Crippen molar-refractivity contribution in [3.8, 4) is 0 Å². The van der Waals surface area contributed by atoms with Gasteiger partial charge in [0.25, 0.3) is 0 Å². The molecule has 2 rings (SSSR count). The predicted molar refractivity (Wildman–Crippen MR) is 121 cm³/mol. The first-order chi connectivity index (χ1) is 14.3. The average Bonchev–Trinajstić information content (AvgIpc) is 3.16. The molecule has 1 aliphatic rings. The maximum absolute atomic E-state index is 11.6. The summed E-state index contributed by atoms with van der Waals surface area (Å²) in [7, 11) is 1.82. The van der Waals surface area contributed by atoms with E-state index in [0.717, 1.165) is 50.4 Å². The molecule has 0 aromatic carbocycles. The van der Waals surface area contributed by atoms with Crippen LogP contribution in [0.4, 0.5) is 4.79 Å². The number of carbonyl (C=O) groups is 1. The number of guanidine groups is 1. The SMILES string of the molecule is CCc1nc(CNC(=NC)N2CCC(OCCCNC(=O)OC(C)(C)C)CC2)cs1. The number of aromatic nitrogens is 1. The summed E-state index contributed by atoms with van der Waals surface area (Å²) in [5.74, 6) is 0.918. The Labute approximate surface area is 184 Å². The number of nitrogens with zero attached hydrogens (tertiary/aromatic N) is 3. The summed E-state index contributed by atoms with van der Waals surface area (Å²) in [4.78, 5) is 22.9. The predicted octanol–water partition coefficient (Wildman–Crippen LogP) is 3.18. The Balaban J connectivity index is 1.60. The maximum Gasteiger partial charge on any atom is 0.407 e. The van der Waals surface area contributed by atoms with Gasteiger partial charge in [-0.1, -0.05) is 6.92 Å². The molecular formula is C21H37N5O3S. The molecule has 1 saturated heterocycles. The van der Waals surface area contributed by atoms with Crippen molar-refractivity contribution in [2.75, 3.05) is 33.3 Å². The Morgan fingerprint density at radius 3 is 2.67 bits per heavy atom. The van der Waals surface area contributed by atoms with Gasteiger partial charge in [-0.05, 0) is 46.5 Å². The molecule has 1 amide bonds. The van der Waals surface area contributed by atoms with E-state index in [4.69, 9.17) is 9.47 Å². The Bertz CT molecular complexity index is 678. The number of hydrogen-bond acceptors (Lipinski definition) is 6. The van der Waals surface area contributed by atoms with E-state index in [-0.39, 0.29) is 12.2 Å². The van der Waals surface area contributed by atoms with Crippen LogP contribution in [-0.4, -0.2) is 66.9 Å². The van der Waals surface area contributed by atoms with Gasteiger partial charge in [0.05, 0.1) is 23.4 Å². The molecule has 8 nitrogen and oxygen atoms in total. The van der Waals surface area contributed by atoms with Gasteiger partial charge < -0.3 is 25.0 Å². The van der Waals surface area contributed by atoms with Crippen molar-refractivity contribution in [2.24, 2.45) is 4.99 Å². The monoisotopic (exact) mass is 439 g/mol. The van der Waals surface area contributed by atoms with Gasteiger partial charge >= 0.3 is 6.09 Å². The summed E-state index contributed by atoms with van der Waals surface area (Å²) in [6, 6.07) is 0. The highest BCUT2D eigenvalue weighted by Gasteiger charge is 2.22. The van der Waals surface area contributed by atoms with Gasteiger partial charge in [-0.25, -0.2) is 9.78 Å². The standard InChI is InChI=1S/C21H37N5O3S/c1-6-18-25-16(15-30-18)14-24-19(22-5)26-11-8-17(9-12-26)28-13-7-10-23-20(27)29-21(2,3)4/h15,17H,6-14H2,1-5H3,(H,22,24)(H,23,27). The minimum Gasteiger partial charge on any atom is -0.444 e. The van der Waals surface area contributed by atoms with Gasteiger partial charge in [-0.2, -0.15) is 0 Å². The fraction of sp³-hybridized carbons (Fsp3) is 0.762. The van der Waals surface area contributed by atoms with Crippen molar-refractivity contribution in [3.05, 3.63) is 16.1 Å². The van der Waals surface area contributed by atoms with Crippen LogP contribution in [0.25, 0.3) is 0 Å². The van der Waals surface area contributed by atoms with E-state index in [9.17, 15) is 4.79 Å². The number of likely N-dealkylation sites (tertiary alicyclic amines) is 1. The van der Waals surface area contributed by atoms with Crippen LogP contribution in [0.1, 0.15) is 57.7 Å². The van der Waals surface area contributed by atoms with Crippen LogP contribution < -0.4 is 10.6 Å². The van der Waals surface area contributed by atoms with E-state index >= 15 is 0 Å². The summed E-state index contributed by atoms with van der Waals surface area (Å²) < 4.78 is 11.2. The van der Waals surface area contributed by atoms with Gasteiger partial charge in [0.15, 0.2) is 5.96 Å². The minimum atomic E-state index is -0.470. The van der Waals surface area contributed by atoms with E-state index in [1.807, 2.05) is 27.8 Å². The van der Waals surface area contributed by atoms with Gasteiger partial charge in [-0.3, -0.25) is 4.99 Å². The topological polar surface area (TPSA) is 88.1 Å². The lowest BCUT2D eigenvalue weighted by molar-refractivity contribution is 0.0170. The molecule has 1 aromatic rings. The van der Waals surface area contributed by atoms with Gasteiger partial charge in [0, 0.05) is 38.7 Å². The van der Waals surface area contributed by atoms with E-state index < -0.39 is 5.60 Å². The summed E-state index contributed by atoms with van der Waals surface area (Å²) in [6.45, 7) is 11.4. The Morgan fingerprint density at radius 1 is 1.33 bits per heavy atom. The molecule has 0 saturated carbocycles. The normalized spacial score (nSPS) is 15.9. The molecule has 30 heavy (non-hydrogen) atoms. The number of aliphatic imine (C=N–C) groups is 1. The van der Waals surface area contributed by atoms with Crippen LogP contribution in [0.5, 0.6) is 0 Å². The molecular weight excluding hydrogens is 402 g/mol. The Hall–Kier alpha value is -1.87. The van der Waals surface area contributed by atoms with Crippen molar-refractivity contribution in [1.29, 1.82) is 0 Å². The smallest absolute Gasteiger partial charge is 0.407 e. The maximum atomic E-state index is 11.6. The number of amides is 1. The lowest BCUT2D eigenvalue weighted by atomic mass is 10.1. The van der Waals surface area contributed by atoms with Crippen molar-refractivity contribution in [3.63, 3.8) is 0 Å². The second-order valence-electron chi connectivity index (χ2n) is 8.33. The van der Waals surface area contributed by atoms with E-state index in [1.165, 1.54) is 5.01 Å². The summed E-state index contributed by atoms with van der Waals surface area (Å²) in [6.07, 6.45) is 3.57. The van der Waals surface area contributed by atoms with Crippen molar-refractivity contribution in [1.82, 2.24) is 20.5 Å². The number of nitrogens with one attached hydrogen (secondary N) is 2. The van der Waals surface area contributed by atoms with Crippen molar-refractivity contribution in [2.45, 2.75) is 71.6 Å². The molecule has 2 heterocycles. The highest BCUT2D eigenvalue weighted by atomic mass is 32.1. The zero-order valence-corrected chi connectivity index (χ0v) is 19.8. The zero-order valence-electron chi connectivity index (χ0n) is 19.0. The molecule has 1 aliphatic heterocycles. The third-order valence-electron chi connectivity index (χ3n) is 4.63. The first-order valence-corrected chi connectivity index (χ1v) is 11.7. The largest absolute Gasteiger partial charge is 0.444 e. The molecule has 0 atom stereocenters. The highest BCUT2D eigenvalue weighted by Crippen LogP contribution is 2.15. The van der Waals surface area contributed by atoms with Gasteiger partial charge in [-0.15, -0.1) is 11.3 Å². The van der Waals surface area contributed by atoms with Crippen LogP contribution in [0.3, 0.4) is 0 Å². The molecule has 9 heteroatoms. The molecule has 0 radical (unpaired) electrons. The quantitative estimate of drug-likeness (QED) is 0.367. The van der Waals surface area contributed by atoms with Crippen molar-refractivity contribution < 1.29 is 14.3 Å². The summed E-state index contributed by atoms with van der Waals surface area (Å²) in [5.41, 5.74) is 0.596. The number of thiazole rings is 1. The van der Waals surface area contributed by atoms with Crippen molar-refractivity contribution >= 4 is 23.4 Å². The lowest BCUT2D eigenvalue weighted by Crippen LogP contribution is -2.46. The van der Waals surface area contributed by atoms with Gasteiger partial charge in [0.1, 0.15) is 5.60 Å². The van der Waals surface area contributed by atoms with Crippen LogP contribution >= 0.6 is 11.3 Å². The molecule has 0 aliphatic carbocycles. The summed E-state index contributed by atoms with van der Waals surface area (Å²) >= 11 is 1.71. The van der Waals surface area contributed by atoms with E-state index in [0.29, 0.717) is 19.7 Å². The fourth-order valence-corrected chi connectivity index (χ4v) is 3.90. The molecule has 170 valence electrons. The number of hydrogen-bond donors (Lipinski definition) is 2. The second-order valence-corrected chi connectivity index (χ2v) is 9.27. The van der Waals surface area contributed by atoms with E-state index in [2.05, 4.69) is 37.8 Å². The number of piperidine rings is 1. The molecule has 1 fully saturated rings. The Kier molecular flexibility index (Phi) is 9.84. The molecule has 0 bridgehead atoms. The zero-order chi connectivity index (χ0) is 22.0. The molecule has 0 unspecified atom stereocenters. The third-order valence-corrected chi connectivity index (χ3v) is 5.67. The number of rotatable bonds is 8. The van der Waals surface area contributed by atoms with Crippen LogP contribution in [0.15, 0.2) is 10.4 Å². The van der Waals surface area contributed by atoms with Crippen LogP contribution in [-0.2, 0) is 22.4 Å². The number of alkyl carbamates (subject to hydrolysis) is 1. The summed E-state index contributed by atoms with van der Waals surface area (Å²) in [5, 5.41) is 9.46. The first-order valence-electron chi connectivity index (χ1n) is 10.8. The first kappa shape index (κ1) is 24.4. The number of ether oxygens (including phenoxy) is 2. The Morgan fingerprint density at radius 2 is 2.07 bits per heavy atom. The molecule has 0 spiro atoms. The fourth-order valence-electron chi connectivity index (χ4n) is 3.16. The molecule has 2 N–H and O–H groups in total. The van der Waals surface area contributed by atoms with E-state index in [1.54, 1.807) is 11.3 Å². The average molecular weight is 440 g/mol. The third kappa shape index (κ3) is 8.87. The lowest BCUT2D eigenvalue weighted by Gasteiger charge is -2.34. The highest BCUT2D eigenvalue weighted by molar-refractivity contribution is 7.09. The van der Waals surface area contributed by atoms with Crippen LogP contribution in [0.2, 0.25) is 0 Å².